The molecule has 0 spiro atoms. The first-order valence-corrected chi connectivity index (χ1v) is 9.86. The lowest BCUT2D eigenvalue weighted by Crippen LogP contribution is -2.38. The minimum absolute atomic E-state index is 0.00751. The van der Waals surface area contributed by atoms with Crippen molar-refractivity contribution in [1.29, 1.82) is 5.26 Å². The monoisotopic (exact) mass is 357 g/mol. The van der Waals surface area contributed by atoms with Gasteiger partial charge in [0.1, 0.15) is 0 Å². The minimum atomic E-state index is 0.00751. The van der Waals surface area contributed by atoms with Gasteiger partial charge in [-0.25, -0.2) is 0 Å². The number of piperidine rings is 1. The Morgan fingerprint density at radius 2 is 1.76 bits per heavy atom. The van der Waals surface area contributed by atoms with Gasteiger partial charge in [0.05, 0.1) is 17.4 Å². The number of benzene rings is 1. The highest BCUT2D eigenvalue weighted by molar-refractivity contribution is 8.00. The second-order valence-corrected chi connectivity index (χ2v) is 7.59. The standard InChI is InChI=1S/C19H23N3O2S/c20-13-15-7-11-22(12-8-15)19(24)16-5-1-2-6-17(16)25-14-18(23)21-9-3-4-10-21/h1-2,5-6,15H,3-4,7-12,14H2. The van der Waals surface area contributed by atoms with Crippen LogP contribution in [0.5, 0.6) is 0 Å². The van der Waals surface area contributed by atoms with Crippen molar-refractivity contribution in [1.82, 2.24) is 9.80 Å². The number of likely N-dealkylation sites (tertiary alicyclic amines) is 2. The zero-order valence-electron chi connectivity index (χ0n) is 14.3. The van der Waals surface area contributed by atoms with Gasteiger partial charge < -0.3 is 9.80 Å². The Labute approximate surface area is 153 Å². The molecule has 3 rings (SSSR count). The third-order valence-electron chi connectivity index (χ3n) is 4.89. The Bertz CT molecular complexity index is 671. The van der Waals surface area contributed by atoms with Crippen molar-refractivity contribution < 1.29 is 9.59 Å². The molecule has 0 N–H and O–H groups in total. The first-order valence-electron chi connectivity index (χ1n) is 8.87. The van der Waals surface area contributed by atoms with E-state index in [1.165, 1.54) is 11.8 Å². The van der Waals surface area contributed by atoms with Crippen molar-refractivity contribution in [3.63, 3.8) is 0 Å². The molecule has 25 heavy (non-hydrogen) atoms. The molecular weight excluding hydrogens is 334 g/mol. The fourth-order valence-electron chi connectivity index (χ4n) is 3.35. The summed E-state index contributed by atoms with van der Waals surface area (Å²) in [6.07, 6.45) is 3.66. The highest BCUT2D eigenvalue weighted by Crippen LogP contribution is 2.26. The third kappa shape index (κ3) is 4.35. The molecular formula is C19H23N3O2S. The van der Waals surface area contributed by atoms with Crippen LogP contribution in [0.3, 0.4) is 0 Å². The van der Waals surface area contributed by atoms with Crippen LogP contribution in [0.1, 0.15) is 36.0 Å². The summed E-state index contributed by atoms with van der Waals surface area (Å²) in [6, 6.07) is 9.81. The molecule has 0 unspecified atom stereocenters. The van der Waals surface area contributed by atoms with Gasteiger partial charge in [-0.3, -0.25) is 9.59 Å². The molecule has 0 bridgehead atoms. The molecule has 132 valence electrons. The second-order valence-electron chi connectivity index (χ2n) is 6.57. The van der Waals surface area contributed by atoms with Gasteiger partial charge in [0.2, 0.25) is 5.91 Å². The predicted octanol–water partition coefficient (Wildman–Crippen LogP) is 2.78. The molecule has 1 aromatic rings. The quantitative estimate of drug-likeness (QED) is 0.777. The maximum absolute atomic E-state index is 12.9. The summed E-state index contributed by atoms with van der Waals surface area (Å²) in [5, 5.41) is 9.00. The summed E-state index contributed by atoms with van der Waals surface area (Å²) in [5.41, 5.74) is 0.664. The Kier molecular flexibility index (Phi) is 5.98. The van der Waals surface area contributed by atoms with Crippen LogP contribution in [0.2, 0.25) is 0 Å². The molecule has 0 saturated carbocycles. The highest BCUT2D eigenvalue weighted by atomic mass is 32.2. The molecule has 2 aliphatic heterocycles. The largest absolute Gasteiger partial charge is 0.342 e. The molecule has 1 aromatic carbocycles. The summed E-state index contributed by atoms with van der Waals surface area (Å²) in [7, 11) is 0. The fraction of sp³-hybridized carbons (Fsp3) is 0.526. The van der Waals surface area contributed by atoms with Gasteiger partial charge >= 0.3 is 0 Å². The van der Waals surface area contributed by atoms with Crippen LogP contribution >= 0.6 is 11.8 Å². The lowest BCUT2D eigenvalue weighted by Gasteiger charge is -2.29. The van der Waals surface area contributed by atoms with Gasteiger partial charge in [-0.2, -0.15) is 5.26 Å². The van der Waals surface area contributed by atoms with Crippen molar-refractivity contribution in [2.45, 2.75) is 30.6 Å². The van der Waals surface area contributed by atoms with Gasteiger partial charge in [-0.15, -0.1) is 11.8 Å². The van der Waals surface area contributed by atoms with E-state index in [9.17, 15) is 9.59 Å². The van der Waals surface area contributed by atoms with Crippen LogP contribution in [-0.2, 0) is 4.79 Å². The predicted molar refractivity (Wildman–Crippen MR) is 97.2 cm³/mol. The van der Waals surface area contributed by atoms with E-state index in [0.29, 0.717) is 24.4 Å². The highest BCUT2D eigenvalue weighted by Gasteiger charge is 2.25. The van der Waals surface area contributed by atoms with Crippen LogP contribution in [0.15, 0.2) is 29.2 Å². The fourth-order valence-corrected chi connectivity index (χ4v) is 4.30. The Balaban J connectivity index is 1.63. The van der Waals surface area contributed by atoms with E-state index in [0.717, 1.165) is 43.7 Å². The number of thioether (sulfide) groups is 1. The number of hydrogen-bond donors (Lipinski definition) is 0. The first-order chi connectivity index (χ1) is 12.2. The van der Waals surface area contributed by atoms with Crippen molar-refractivity contribution in [3.8, 4) is 6.07 Å². The zero-order chi connectivity index (χ0) is 17.6. The molecule has 0 atom stereocenters. The maximum atomic E-state index is 12.9. The number of nitriles is 1. The minimum Gasteiger partial charge on any atom is -0.342 e. The van der Waals surface area contributed by atoms with Crippen LogP contribution in [-0.4, -0.2) is 53.5 Å². The van der Waals surface area contributed by atoms with Gasteiger partial charge in [-0.05, 0) is 37.8 Å². The van der Waals surface area contributed by atoms with E-state index < -0.39 is 0 Å². The molecule has 0 aliphatic carbocycles. The topological polar surface area (TPSA) is 64.4 Å². The summed E-state index contributed by atoms with van der Waals surface area (Å²) < 4.78 is 0. The van der Waals surface area contributed by atoms with Gasteiger partial charge in [0, 0.05) is 37.0 Å². The Hall–Kier alpha value is -2.00. The summed E-state index contributed by atoms with van der Waals surface area (Å²) in [5.74, 6) is 0.598. The van der Waals surface area contributed by atoms with E-state index >= 15 is 0 Å². The molecule has 5 nitrogen and oxygen atoms in total. The normalized spacial score (nSPS) is 18.2. The van der Waals surface area contributed by atoms with Gasteiger partial charge in [0.25, 0.3) is 5.91 Å². The lowest BCUT2D eigenvalue weighted by molar-refractivity contribution is -0.127. The molecule has 0 radical (unpaired) electrons. The van der Waals surface area contributed by atoms with Gasteiger partial charge in [-0.1, -0.05) is 12.1 Å². The van der Waals surface area contributed by atoms with Crippen LogP contribution in [0, 0.1) is 17.2 Å². The van der Waals surface area contributed by atoms with E-state index in [2.05, 4.69) is 6.07 Å². The SMILES string of the molecule is N#CC1CCN(C(=O)c2ccccc2SCC(=O)N2CCCC2)CC1. The molecule has 2 aliphatic rings. The second kappa shape index (κ2) is 8.39. The lowest BCUT2D eigenvalue weighted by atomic mass is 9.98. The molecule has 0 aromatic heterocycles. The van der Waals surface area contributed by atoms with Crippen LogP contribution in [0.25, 0.3) is 0 Å². The summed E-state index contributed by atoms with van der Waals surface area (Å²) >= 11 is 1.45. The van der Waals surface area contributed by atoms with E-state index in [-0.39, 0.29) is 17.7 Å². The molecule has 2 amide bonds. The van der Waals surface area contributed by atoms with Crippen LogP contribution < -0.4 is 0 Å². The number of carbonyl (C=O) groups excluding carboxylic acids is 2. The number of amides is 2. The van der Waals surface area contributed by atoms with E-state index in [1.54, 1.807) is 0 Å². The number of rotatable bonds is 4. The number of carbonyl (C=O) groups is 2. The Morgan fingerprint density at radius 3 is 2.44 bits per heavy atom. The summed E-state index contributed by atoms with van der Waals surface area (Å²) in [4.78, 5) is 29.7. The van der Waals surface area contributed by atoms with Crippen molar-refractivity contribution in [2.24, 2.45) is 5.92 Å². The third-order valence-corrected chi connectivity index (χ3v) is 5.95. The number of nitrogens with zero attached hydrogens (tertiary/aromatic N) is 3. The first kappa shape index (κ1) is 17.8. The van der Waals surface area contributed by atoms with Crippen molar-refractivity contribution in [3.05, 3.63) is 29.8 Å². The van der Waals surface area contributed by atoms with E-state index in [1.807, 2.05) is 34.1 Å². The van der Waals surface area contributed by atoms with Crippen molar-refractivity contribution >= 4 is 23.6 Å². The Morgan fingerprint density at radius 1 is 1.08 bits per heavy atom. The molecule has 2 saturated heterocycles. The molecule has 2 fully saturated rings. The van der Waals surface area contributed by atoms with Gasteiger partial charge in [0.15, 0.2) is 0 Å². The molecule has 6 heteroatoms. The average Bonchev–Trinajstić information content (AvgIpc) is 3.21. The smallest absolute Gasteiger partial charge is 0.254 e. The van der Waals surface area contributed by atoms with Crippen LogP contribution in [0.4, 0.5) is 0 Å². The number of hydrogen-bond acceptors (Lipinski definition) is 4. The molecule has 2 heterocycles. The van der Waals surface area contributed by atoms with E-state index in [4.69, 9.17) is 5.26 Å². The van der Waals surface area contributed by atoms with Crippen molar-refractivity contribution in [2.75, 3.05) is 31.9 Å². The maximum Gasteiger partial charge on any atom is 0.254 e. The average molecular weight is 357 g/mol. The summed E-state index contributed by atoms with van der Waals surface area (Å²) in [6.45, 7) is 2.97. The zero-order valence-corrected chi connectivity index (χ0v) is 15.1.